The summed E-state index contributed by atoms with van der Waals surface area (Å²) in [5.74, 6) is -1.04. The van der Waals surface area contributed by atoms with Crippen molar-refractivity contribution in [2.24, 2.45) is 0 Å². The highest BCUT2D eigenvalue weighted by Crippen LogP contribution is 2.34. The van der Waals surface area contributed by atoms with Crippen molar-refractivity contribution in [3.63, 3.8) is 0 Å². The molecule has 0 bridgehead atoms. The molecular formula is C17H17BrF2O. The molecule has 0 aliphatic carbocycles. The van der Waals surface area contributed by atoms with Crippen molar-refractivity contribution >= 4 is 15.9 Å². The zero-order valence-electron chi connectivity index (χ0n) is 12.2. The van der Waals surface area contributed by atoms with Crippen LogP contribution < -0.4 is 4.74 Å². The Kier molecular flexibility index (Phi) is 4.99. The van der Waals surface area contributed by atoms with Gasteiger partial charge in [-0.05, 0) is 47.7 Å². The topological polar surface area (TPSA) is 9.23 Å². The van der Waals surface area contributed by atoms with Crippen LogP contribution in [-0.4, -0.2) is 0 Å². The molecule has 0 amide bonds. The van der Waals surface area contributed by atoms with Crippen molar-refractivity contribution in [1.29, 1.82) is 0 Å². The first kappa shape index (κ1) is 16.0. The van der Waals surface area contributed by atoms with Crippen molar-refractivity contribution < 1.29 is 13.5 Å². The van der Waals surface area contributed by atoms with Gasteiger partial charge in [0.1, 0.15) is 5.75 Å². The van der Waals surface area contributed by atoms with E-state index in [2.05, 4.69) is 15.9 Å². The minimum Gasteiger partial charge on any atom is -0.451 e. The van der Waals surface area contributed by atoms with Gasteiger partial charge in [-0.15, -0.1) is 0 Å². The van der Waals surface area contributed by atoms with Crippen LogP contribution in [0.5, 0.6) is 11.5 Å². The Balaban J connectivity index is 2.45. The van der Waals surface area contributed by atoms with Crippen LogP contribution in [-0.2, 0) is 5.33 Å². The highest BCUT2D eigenvalue weighted by molar-refractivity contribution is 9.08. The van der Waals surface area contributed by atoms with Gasteiger partial charge in [0.05, 0.1) is 0 Å². The Labute approximate surface area is 132 Å². The fraction of sp³-hybridized carbons (Fsp3) is 0.294. The fourth-order valence-corrected chi connectivity index (χ4v) is 2.43. The molecule has 0 saturated heterocycles. The van der Waals surface area contributed by atoms with E-state index in [-0.39, 0.29) is 11.7 Å². The number of benzene rings is 2. The molecule has 2 rings (SSSR count). The summed E-state index contributed by atoms with van der Waals surface area (Å²) < 4.78 is 33.6. The standard InChI is InChI=1S/C17H17BrF2O/c1-10(2)13-5-4-11(3)6-16(13)21-17-14(19)7-12(9-18)8-15(17)20/h4-8,10H,9H2,1-3H3. The Bertz CT molecular complexity index is 630. The highest BCUT2D eigenvalue weighted by atomic mass is 79.9. The third-order valence-corrected chi connectivity index (χ3v) is 3.86. The summed E-state index contributed by atoms with van der Waals surface area (Å²) in [6.07, 6.45) is 0. The van der Waals surface area contributed by atoms with E-state index in [0.717, 1.165) is 11.1 Å². The molecule has 0 spiro atoms. The quantitative estimate of drug-likeness (QED) is 0.604. The van der Waals surface area contributed by atoms with E-state index in [4.69, 9.17) is 4.74 Å². The summed E-state index contributed by atoms with van der Waals surface area (Å²) in [6, 6.07) is 8.24. The summed E-state index contributed by atoms with van der Waals surface area (Å²) >= 11 is 3.18. The normalized spacial score (nSPS) is 11.0. The second kappa shape index (κ2) is 6.56. The largest absolute Gasteiger partial charge is 0.451 e. The zero-order chi connectivity index (χ0) is 15.6. The maximum Gasteiger partial charge on any atom is 0.198 e. The van der Waals surface area contributed by atoms with E-state index in [1.54, 1.807) is 6.07 Å². The van der Waals surface area contributed by atoms with Crippen LogP contribution in [0.2, 0.25) is 0 Å². The number of alkyl halides is 1. The molecule has 0 unspecified atom stereocenters. The second-order valence-corrected chi connectivity index (χ2v) is 5.88. The summed E-state index contributed by atoms with van der Waals surface area (Å²) in [5, 5.41) is 0.392. The molecule has 2 aromatic carbocycles. The fourth-order valence-electron chi connectivity index (χ4n) is 2.10. The van der Waals surface area contributed by atoms with Crippen molar-refractivity contribution in [2.45, 2.75) is 32.0 Å². The first-order valence-electron chi connectivity index (χ1n) is 6.74. The molecule has 0 aromatic heterocycles. The van der Waals surface area contributed by atoms with Crippen LogP contribution in [0.1, 0.15) is 36.5 Å². The molecule has 4 heteroatoms. The lowest BCUT2D eigenvalue weighted by atomic mass is 10.0. The van der Waals surface area contributed by atoms with E-state index in [1.807, 2.05) is 32.9 Å². The molecule has 0 heterocycles. The van der Waals surface area contributed by atoms with Gasteiger partial charge in [0.25, 0.3) is 0 Å². The van der Waals surface area contributed by atoms with Crippen molar-refractivity contribution in [3.8, 4) is 11.5 Å². The Hall–Kier alpha value is -1.42. The van der Waals surface area contributed by atoms with Gasteiger partial charge in [-0.1, -0.05) is 41.9 Å². The van der Waals surface area contributed by atoms with Crippen LogP contribution in [0.4, 0.5) is 8.78 Å². The van der Waals surface area contributed by atoms with Crippen LogP contribution in [0.25, 0.3) is 0 Å². The second-order valence-electron chi connectivity index (χ2n) is 5.32. The molecule has 0 atom stereocenters. The van der Waals surface area contributed by atoms with Crippen LogP contribution in [0.3, 0.4) is 0 Å². The predicted octanol–water partition coefficient (Wildman–Crippen LogP) is 6.08. The molecular weight excluding hydrogens is 338 g/mol. The van der Waals surface area contributed by atoms with Crippen molar-refractivity contribution in [2.75, 3.05) is 0 Å². The molecule has 112 valence electrons. The van der Waals surface area contributed by atoms with Gasteiger partial charge in [-0.2, -0.15) is 0 Å². The maximum atomic E-state index is 14.0. The molecule has 1 nitrogen and oxygen atoms in total. The van der Waals surface area contributed by atoms with Crippen molar-refractivity contribution in [3.05, 3.63) is 58.7 Å². The molecule has 0 aliphatic heterocycles. The van der Waals surface area contributed by atoms with Crippen LogP contribution in [0.15, 0.2) is 30.3 Å². The van der Waals surface area contributed by atoms with Crippen LogP contribution in [0, 0.1) is 18.6 Å². The van der Waals surface area contributed by atoms with E-state index in [1.165, 1.54) is 12.1 Å². The SMILES string of the molecule is Cc1ccc(C(C)C)c(Oc2c(F)cc(CBr)cc2F)c1. The minimum atomic E-state index is -0.694. The van der Waals surface area contributed by atoms with E-state index >= 15 is 0 Å². The van der Waals surface area contributed by atoms with Gasteiger partial charge in [0, 0.05) is 5.33 Å². The molecule has 0 saturated carbocycles. The van der Waals surface area contributed by atoms with E-state index in [0.29, 0.717) is 16.6 Å². The molecule has 21 heavy (non-hydrogen) atoms. The van der Waals surface area contributed by atoms with Crippen LogP contribution >= 0.6 is 15.9 Å². The lowest BCUT2D eigenvalue weighted by molar-refractivity contribution is 0.401. The third-order valence-electron chi connectivity index (χ3n) is 3.22. The van der Waals surface area contributed by atoms with Gasteiger partial charge in [-0.25, -0.2) is 8.78 Å². The predicted molar refractivity (Wildman–Crippen MR) is 84.3 cm³/mol. The summed E-state index contributed by atoms with van der Waals surface area (Å²) in [4.78, 5) is 0. The smallest absolute Gasteiger partial charge is 0.198 e. The third kappa shape index (κ3) is 3.62. The number of hydrogen-bond donors (Lipinski definition) is 0. The number of aryl methyl sites for hydroxylation is 1. The number of rotatable bonds is 4. The lowest BCUT2D eigenvalue weighted by Crippen LogP contribution is -1.99. The number of ether oxygens (including phenoxy) is 1. The molecule has 0 fully saturated rings. The first-order valence-corrected chi connectivity index (χ1v) is 7.86. The summed E-state index contributed by atoms with van der Waals surface area (Å²) in [6.45, 7) is 5.94. The van der Waals surface area contributed by atoms with Gasteiger partial charge >= 0.3 is 0 Å². The average Bonchev–Trinajstić information content (AvgIpc) is 2.42. The Morgan fingerprint density at radius 1 is 1.10 bits per heavy atom. The van der Waals surface area contributed by atoms with Gasteiger partial charge in [0.2, 0.25) is 0 Å². The average molecular weight is 355 g/mol. The molecule has 0 N–H and O–H groups in total. The molecule has 0 aliphatic rings. The summed E-state index contributed by atoms with van der Waals surface area (Å²) in [7, 11) is 0. The zero-order valence-corrected chi connectivity index (χ0v) is 13.8. The maximum absolute atomic E-state index is 14.0. The number of hydrogen-bond acceptors (Lipinski definition) is 1. The summed E-state index contributed by atoms with van der Waals surface area (Å²) in [5.41, 5.74) is 2.43. The van der Waals surface area contributed by atoms with Crippen molar-refractivity contribution in [1.82, 2.24) is 0 Å². The Morgan fingerprint density at radius 2 is 1.71 bits per heavy atom. The Morgan fingerprint density at radius 3 is 2.24 bits per heavy atom. The van der Waals surface area contributed by atoms with E-state index < -0.39 is 11.6 Å². The first-order chi connectivity index (χ1) is 9.92. The monoisotopic (exact) mass is 354 g/mol. The lowest BCUT2D eigenvalue weighted by Gasteiger charge is -2.15. The van der Waals surface area contributed by atoms with E-state index in [9.17, 15) is 8.78 Å². The van der Waals surface area contributed by atoms with Gasteiger partial charge in [-0.3, -0.25) is 0 Å². The molecule has 0 radical (unpaired) electrons. The van der Waals surface area contributed by atoms with Gasteiger partial charge in [0.15, 0.2) is 17.4 Å². The number of halogens is 3. The molecule has 2 aromatic rings. The highest BCUT2D eigenvalue weighted by Gasteiger charge is 2.16. The van der Waals surface area contributed by atoms with Gasteiger partial charge < -0.3 is 4.74 Å². The minimum absolute atomic E-state index is 0.202.